The predicted octanol–water partition coefficient (Wildman–Crippen LogP) is 15.1. The van der Waals surface area contributed by atoms with Gasteiger partial charge in [-0.3, -0.25) is 0 Å². The van der Waals surface area contributed by atoms with Gasteiger partial charge in [-0.15, -0.1) is 11.3 Å². The third-order valence-corrected chi connectivity index (χ3v) is 11.8. The molecule has 0 radical (unpaired) electrons. The second kappa shape index (κ2) is 11.9. The summed E-state index contributed by atoms with van der Waals surface area (Å²) >= 11 is 1.86. The summed E-state index contributed by atoms with van der Waals surface area (Å²) in [5.41, 5.74) is 10.0. The minimum atomic E-state index is 0.921. The van der Waals surface area contributed by atoms with Gasteiger partial charge in [0, 0.05) is 48.0 Å². The SMILES string of the molecule is c1ccc(-c2ccccc2-c2cccc(N(c3ccc4c(ccc5cc6oc7ccccc7c6cc54)c3)c3ccc4c(c3)sc3ccccc34)c2)cc1. The van der Waals surface area contributed by atoms with E-state index in [0.717, 1.165) is 39.0 Å². The minimum absolute atomic E-state index is 0.921. The largest absolute Gasteiger partial charge is 0.456 e. The lowest BCUT2D eigenvalue weighted by atomic mass is 9.94. The zero-order valence-electron chi connectivity index (χ0n) is 28.7. The van der Waals surface area contributed by atoms with E-state index in [0.29, 0.717) is 0 Å². The van der Waals surface area contributed by atoms with Gasteiger partial charge in [0.1, 0.15) is 11.2 Å². The average molecular weight is 694 g/mol. The monoisotopic (exact) mass is 693 g/mol. The highest BCUT2D eigenvalue weighted by Crippen LogP contribution is 2.44. The highest BCUT2D eigenvalue weighted by Gasteiger charge is 2.18. The molecule has 0 aliphatic carbocycles. The molecule has 2 aromatic heterocycles. The molecule has 0 unspecified atom stereocenters. The van der Waals surface area contributed by atoms with Gasteiger partial charge in [-0.25, -0.2) is 0 Å². The van der Waals surface area contributed by atoms with Gasteiger partial charge in [-0.05, 0) is 104 Å². The van der Waals surface area contributed by atoms with Crippen LogP contribution in [0.15, 0.2) is 192 Å². The number of nitrogens with zero attached hydrogens (tertiary/aromatic N) is 1. The minimum Gasteiger partial charge on any atom is -0.456 e. The maximum atomic E-state index is 6.24. The summed E-state index contributed by atoms with van der Waals surface area (Å²) in [5, 5.41) is 9.72. The molecule has 0 saturated heterocycles. The van der Waals surface area contributed by atoms with Crippen LogP contribution in [0.4, 0.5) is 17.1 Å². The molecule has 0 N–H and O–H groups in total. The average Bonchev–Trinajstić information content (AvgIpc) is 3.78. The Morgan fingerprint density at radius 2 is 0.981 bits per heavy atom. The van der Waals surface area contributed by atoms with Crippen LogP contribution in [-0.4, -0.2) is 0 Å². The number of furan rings is 1. The Kier molecular flexibility index (Phi) is 6.76. The first-order valence-electron chi connectivity index (χ1n) is 18.0. The molecule has 248 valence electrons. The standard InChI is InChI=1S/C50H31NOS/c1-2-11-32(12-3-1)39-15-4-5-16-40(39)33-13-10-14-36(27-33)51(38-24-26-44-43-18-7-9-20-49(43)53-50(44)30-38)37-23-25-41-34(28-37)21-22-35-29-48-46(31-45(35)41)42-17-6-8-19-47(42)52-48/h1-31H. The number of fused-ring (bicyclic) bond motifs is 9. The van der Waals surface area contributed by atoms with Crippen LogP contribution in [0.5, 0.6) is 0 Å². The smallest absolute Gasteiger partial charge is 0.136 e. The first-order valence-corrected chi connectivity index (χ1v) is 18.8. The normalized spacial score (nSPS) is 11.8. The van der Waals surface area contributed by atoms with Crippen molar-refractivity contribution in [3.8, 4) is 22.3 Å². The van der Waals surface area contributed by atoms with Crippen molar-refractivity contribution in [3.05, 3.63) is 188 Å². The molecule has 0 amide bonds. The van der Waals surface area contributed by atoms with Crippen molar-refractivity contribution in [2.24, 2.45) is 0 Å². The van der Waals surface area contributed by atoms with Crippen LogP contribution in [0, 0.1) is 0 Å². The summed E-state index contributed by atoms with van der Waals surface area (Å²) in [6.45, 7) is 0. The van der Waals surface area contributed by atoms with Gasteiger partial charge in [-0.1, -0.05) is 127 Å². The summed E-state index contributed by atoms with van der Waals surface area (Å²) in [5.74, 6) is 0. The first-order chi connectivity index (χ1) is 26.2. The van der Waals surface area contributed by atoms with Crippen LogP contribution >= 0.6 is 11.3 Å². The molecular weight excluding hydrogens is 663 g/mol. The molecule has 0 spiro atoms. The lowest BCUT2D eigenvalue weighted by Gasteiger charge is -2.27. The Morgan fingerprint density at radius 3 is 1.85 bits per heavy atom. The van der Waals surface area contributed by atoms with Gasteiger partial charge in [-0.2, -0.15) is 0 Å². The number of anilines is 3. The van der Waals surface area contributed by atoms with E-state index in [9.17, 15) is 0 Å². The van der Waals surface area contributed by atoms with Crippen molar-refractivity contribution in [1.29, 1.82) is 0 Å². The van der Waals surface area contributed by atoms with Crippen LogP contribution in [0.2, 0.25) is 0 Å². The molecule has 2 nitrogen and oxygen atoms in total. The molecule has 9 aromatic carbocycles. The number of hydrogen-bond acceptors (Lipinski definition) is 3. The molecule has 11 aromatic rings. The van der Waals surface area contributed by atoms with Gasteiger partial charge in [0.05, 0.1) is 0 Å². The summed E-state index contributed by atoms with van der Waals surface area (Å²) in [4.78, 5) is 2.41. The van der Waals surface area contributed by atoms with Crippen molar-refractivity contribution in [2.45, 2.75) is 0 Å². The molecule has 0 saturated carbocycles. The molecular formula is C50H31NOS. The Bertz CT molecular complexity index is 3190. The molecule has 0 aliphatic rings. The Hall–Kier alpha value is -6.68. The van der Waals surface area contributed by atoms with Crippen LogP contribution in [0.1, 0.15) is 0 Å². The highest BCUT2D eigenvalue weighted by molar-refractivity contribution is 7.25. The van der Waals surface area contributed by atoms with Gasteiger partial charge in [0.25, 0.3) is 0 Å². The third kappa shape index (κ3) is 4.93. The number of thiophene rings is 1. The topological polar surface area (TPSA) is 16.4 Å². The van der Waals surface area contributed by atoms with Crippen molar-refractivity contribution in [2.75, 3.05) is 4.90 Å². The van der Waals surface area contributed by atoms with Crippen molar-refractivity contribution >= 4 is 92.1 Å². The van der Waals surface area contributed by atoms with E-state index in [4.69, 9.17) is 4.42 Å². The predicted molar refractivity (Wildman–Crippen MR) is 227 cm³/mol. The quantitative estimate of drug-likeness (QED) is 0.167. The molecule has 0 bridgehead atoms. The van der Waals surface area contributed by atoms with Crippen LogP contribution < -0.4 is 4.90 Å². The second-order valence-corrected chi connectivity index (χ2v) is 14.8. The summed E-state index contributed by atoms with van der Waals surface area (Å²) in [7, 11) is 0. The summed E-state index contributed by atoms with van der Waals surface area (Å²) in [6.07, 6.45) is 0. The maximum absolute atomic E-state index is 6.24. The zero-order chi connectivity index (χ0) is 34.9. The molecule has 2 heterocycles. The number of rotatable bonds is 5. The molecule has 0 fully saturated rings. The van der Waals surface area contributed by atoms with E-state index >= 15 is 0 Å². The van der Waals surface area contributed by atoms with Crippen molar-refractivity contribution < 1.29 is 4.42 Å². The van der Waals surface area contributed by atoms with Gasteiger partial charge >= 0.3 is 0 Å². The Labute approximate surface area is 310 Å². The second-order valence-electron chi connectivity index (χ2n) is 13.7. The third-order valence-electron chi connectivity index (χ3n) is 10.6. The fourth-order valence-electron chi connectivity index (χ4n) is 8.13. The molecule has 0 aliphatic heterocycles. The lowest BCUT2D eigenvalue weighted by Crippen LogP contribution is -2.10. The molecule has 3 heteroatoms. The fraction of sp³-hybridized carbons (Fsp3) is 0. The Morgan fingerprint density at radius 1 is 0.340 bits per heavy atom. The fourth-order valence-corrected chi connectivity index (χ4v) is 9.27. The van der Waals surface area contributed by atoms with Gasteiger partial charge < -0.3 is 9.32 Å². The van der Waals surface area contributed by atoms with Crippen molar-refractivity contribution in [1.82, 2.24) is 0 Å². The molecule has 11 rings (SSSR count). The van der Waals surface area contributed by atoms with Gasteiger partial charge in [0.2, 0.25) is 0 Å². The van der Waals surface area contributed by atoms with E-state index in [2.05, 4.69) is 181 Å². The number of hydrogen-bond donors (Lipinski definition) is 0. The zero-order valence-corrected chi connectivity index (χ0v) is 29.5. The van der Waals surface area contributed by atoms with E-state index < -0.39 is 0 Å². The lowest BCUT2D eigenvalue weighted by molar-refractivity contribution is 0.669. The van der Waals surface area contributed by atoms with E-state index in [1.165, 1.54) is 64.0 Å². The molecule has 0 atom stereocenters. The summed E-state index contributed by atoms with van der Waals surface area (Å²) in [6, 6.07) is 68.2. The molecule has 53 heavy (non-hydrogen) atoms. The van der Waals surface area contributed by atoms with Gasteiger partial charge in [0.15, 0.2) is 0 Å². The van der Waals surface area contributed by atoms with Crippen LogP contribution in [-0.2, 0) is 0 Å². The maximum Gasteiger partial charge on any atom is 0.136 e. The van der Waals surface area contributed by atoms with E-state index in [1.54, 1.807) is 0 Å². The number of para-hydroxylation sites is 1. The number of benzene rings is 9. The van der Waals surface area contributed by atoms with Crippen LogP contribution in [0.25, 0.3) is 85.9 Å². The summed E-state index contributed by atoms with van der Waals surface area (Å²) < 4.78 is 8.83. The van der Waals surface area contributed by atoms with Crippen LogP contribution in [0.3, 0.4) is 0 Å². The van der Waals surface area contributed by atoms with E-state index in [-0.39, 0.29) is 0 Å². The highest BCUT2D eigenvalue weighted by atomic mass is 32.1. The van der Waals surface area contributed by atoms with E-state index in [1.807, 2.05) is 23.5 Å². The van der Waals surface area contributed by atoms with Crippen molar-refractivity contribution in [3.63, 3.8) is 0 Å². The Balaban J connectivity index is 1.10. The first kappa shape index (κ1) is 30.0.